The Kier molecular flexibility index (Phi) is 3.96. The van der Waals surface area contributed by atoms with Gasteiger partial charge >= 0.3 is 0 Å². The number of aliphatic hydroxyl groups is 1. The monoisotopic (exact) mass is 346 g/mol. The number of anilines is 1. The van der Waals surface area contributed by atoms with Crippen molar-refractivity contribution in [3.8, 4) is 0 Å². The van der Waals surface area contributed by atoms with Crippen LogP contribution < -0.4 is 16.2 Å². The van der Waals surface area contributed by atoms with Crippen molar-refractivity contribution in [2.75, 3.05) is 12.3 Å². The number of aromatic amines is 1. The average Bonchev–Trinajstić information content (AvgIpc) is 2.99. The number of fused-ring (bicyclic) bond motifs is 1. The van der Waals surface area contributed by atoms with Gasteiger partial charge in [-0.05, 0) is 0 Å². The molecule has 0 spiro atoms. The minimum atomic E-state index is -4.91. The minimum Gasteiger partial charge on any atom is -0.756 e. The number of H-pyrrole nitrogens is 1. The van der Waals surface area contributed by atoms with Gasteiger partial charge in [-0.2, -0.15) is 4.98 Å². The maximum atomic E-state index is 11.7. The summed E-state index contributed by atoms with van der Waals surface area (Å²) in [4.78, 5) is 41.1. The molecule has 12 nitrogen and oxygen atoms in total. The second-order valence-electron chi connectivity index (χ2n) is 4.97. The van der Waals surface area contributed by atoms with Gasteiger partial charge in [0.05, 0.1) is 19.0 Å². The van der Waals surface area contributed by atoms with Crippen LogP contribution in [-0.2, 0) is 13.8 Å². The fourth-order valence-corrected chi connectivity index (χ4v) is 2.69. The number of imidazole rings is 1. The summed E-state index contributed by atoms with van der Waals surface area (Å²) in [6, 6.07) is 0. The molecule has 13 heteroatoms. The highest BCUT2D eigenvalue weighted by molar-refractivity contribution is 7.44. The van der Waals surface area contributed by atoms with E-state index in [-0.39, 0.29) is 23.5 Å². The highest BCUT2D eigenvalue weighted by Gasteiger charge is 2.36. The number of nitrogens with two attached hydrogens (primary N) is 1. The third kappa shape index (κ3) is 3.27. The van der Waals surface area contributed by atoms with Crippen LogP contribution in [0.25, 0.3) is 11.2 Å². The largest absolute Gasteiger partial charge is 0.756 e. The Labute approximate surface area is 128 Å². The van der Waals surface area contributed by atoms with Gasteiger partial charge in [0.15, 0.2) is 11.2 Å². The van der Waals surface area contributed by atoms with Crippen LogP contribution in [0.4, 0.5) is 5.95 Å². The zero-order chi connectivity index (χ0) is 16.8. The number of nitrogens with zero attached hydrogens (tertiary/aromatic N) is 3. The van der Waals surface area contributed by atoms with Crippen LogP contribution in [0, 0.1) is 0 Å². The molecule has 126 valence electrons. The first-order valence-corrected chi connectivity index (χ1v) is 7.98. The third-order valence-corrected chi connectivity index (χ3v) is 3.84. The third-order valence-electron chi connectivity index (χ3n) is 3.37. The number of phosphoric acid groups is 1. The zero-order valence-corrected chi connectivity index (χ0v) is 12.4. The van der Waals surface area contributed by atoms with E-state index >= 15 is 0 Å². The standard InChI is InChI=1S/C10H14N5O7P/c11-10-13-8-7(9(17)14-10)12-3-15(8)6-1-4(16)5(22-6)2-21-23(18,19)20/h3-6,16H,1-2H2,(H2,18,19,20)(H3,11,13,14,17)/p-1/t4-,5+,6+/m0/s1. The predicted molar refractivity (Wildman–Crippen MR) is 72.9 cm³/mol. The Morgan fingerprint density at radius 3 is 3.09 bits per heavy atom. The number of ether oxygens (including phenoxy) is 1. The number of hydrogen-bond acceptors (Lipinski definition) is 9. The van der Waals surface area contributed by atoms with Crippen molar-refractivity contribution in [2.24, 2.45) is 0 Å². The summed E-state index contributed by atoms with van der Waals surface area (Å²) in [5.41, 5.74) is 5.19. The second kappa shape index (κ2) is 5.67. The van der Waals surface area contributed by atoms with Gasteiger partial charge in [0.2, 0.25) is 5.95 Å². The number of aromatic nitrogens is 4. The van der Waals surface area contributed by atoms with E-state index in [0.717, 1.165) is 0 Å². The molecule has 1 aliphatic rings. The van der Waals surface area contributed by atoms with Crippen LogP contribution >= 0.6 is 7.82 Å². The predicted octanol–water partition coefficient (Wildman–Crippen LogP) is -2.17. The summed E-state index contributed by atoms with van der Waals surface area (Å²) in [5.74, 6) is -0.102. The molecule has 1 aliphatic heterocycles. The molecule has 23 heavy (non-hydrogen) atoms. The first kappa shape index (κ1) is 16.1. The minimum absolute atomic E-state index is 0.0522. The Balaban J connectivity index is 1.84. The summed E-state index contributed by atoms with van der Waals surface area (Å²) in [6.45, 7) is -0.544. The van der Waals surface area contributed by atoms with Crippen LogP contribution in [0.2, 0.25) is 0 Å². The van der Waals surface area contributed by atoms with Crippen LogP contribution in [0.3, 0.4) is 0 Å². The summed E-state index contributed by atoms with van der Waals surface area (Å²) >= 11 is 0. The Morgan fingerprint density at radius 2 is 2.39 bits per heavy atom. The van der Waals surface area contributed by atoms with Crippen molar-refractivity contribution in [2.45, 2.75) is 24.9 Å². The number of rotatable bonds is 4. The van der Waals surface area contributed by atoms with E-state index in [1.807, 2.05) is 0 Å². The molecule has 2 aromatic heterocycles. The molecule has 0 bridgehead atoms. The Bertz CT molecular complexity index is 829. The molecule has 3 rings (SSSR count). The van der Waals surface area contributed by atoms with Crippen molar-refractivity contribution >= 4 is 24.9 Å². The number of hydrogen-bond donors (Lipinski definition) is 4. The van der Waals surface area contributed by atoms with Gasteiger partial charge < -0.3 is 29.9 Å². The van der Waals surface area contributed by atoms with E-state index in [1.54, 1.807) is 0 Å². The molecule has 0 radical (unpaired) electrons. The van der Waals surface area contributed by atoms with Gasteiger partial charge in [-0.25, -0.2) is 4.98 Å². The van der Waals surface area contributed by atoms with Gasteiger partial charge in [-0.1, -0.05) is 0 Å². The van der Waals surface area contributed by atoms with Gasteiger partial charge in [0, 0.05) is 6.42 Å². The lowest BCUT2D eigenvalue weighted by Crippen LogP contribution is -2.26. The lowest BCUT2D eigenvalue weighted by molar-refractivity contribution is -0.222. The first-order chi connectivity index (χ1) is 10.7. The van der Waals surface area contributed by atoms with E-state index < -0.39 is 38.4 Å². The molecule has 3 heterocycles. The quantitative estimate of drug-likeness (QED) is 0.443. The summed E-state index contributed by atoms with van der Waals surface area (Å²) in [5, 5.41) is 9.91. The molecule has 4 atom stereocenters. The number of aliphatic hydroxyl groups excluding tert-OH is 1. The summed E-state index contributed by atoms with van der Waals surface area (Å²) in [6.07, 6.45) is -1.38. The summed E-state index contributed by atoms with van der Waals surface area (Å²) in [7, 11) is -4.91. The molecule has 0 saturated carbocycles. The van der Waals surface area contributed by atoms with Gasteiger partial charge in [0.1, 0.15) is 12.3 Å². The number of nitrogen functional groups attached to an aromatic ring is 1. The van der Waals surface area contributed by atoms with Crippen LogP contribution in [0.1, 0.15) is 12.6 Å². The van der Waals surface area contributed by atoms with Crippen molar-refractivity contribution in [1.82, 2.24) is 19.5 Å². The van der Waals surface area contributed by atoms with Crippen LogP contribution in [-0.4, -0.2) is 48.3 Å². The van der Waals surface area contributed by atoms with E-state index in [1.165, 1.54) is 10.9 Å². The number of phosphoric ester groups is 1. The first-order valence-electron chi connectivity index (χ1n) is 6.49. The highest BCUT2D eigenvalue weighted by atomic mass is 31.2. The molecule has 0 aliphatic carbocycles. The SMILES string of the molecule is Nc1nc2c(ncn2[C@H]2C[C@H](O)[C@@H](COP(=O)([O-])O)O2)c(=O)[nH]1. The molecular weight excluding hydrogens is 333 g/mol. The highest BCUT2D eigenvalue weighted by Crippen LogP contribution is 2.35. The smallest absolute Gasteiger partial charge is 0.280 e. The topological polar surface area (TPSA) is 189 Å². The normalized spacial score (nSPS) is 27.3. The Hall–Kier alpha value is -1.82. The van der Waals surface area contributed by atoms with E-state index in [9.17, 15) is 19.4 Å². The molecule has 2 aromatic rings. The van der Waals surface area contributed by atoms with Crippen molar-refractivity contribution in [1.29, 1.82) is 0 Å². The van der Waals surface area contributed by atoms with Gasteiger partial charge in [0.25, 0.3) is 13.4 Å². The fourth-order valence-electron chi connectivity index (χ4n) is 2.36. The van der Waals surface area contributed by atoms with Crippen LogP contribution in [0.15, 0.2) is 11.1 Å². The van der Waals surface area contributed by atoms with Crippen molar-refractivity contribution in [3.63, 3.8) is 0 Å². The molecule has 1 saturated heterocycles. The van der Waals surface area contributed by atoms with Crippen molar-refractivity contribution in [3.05, 3.63) is 16.7 Å². The molecule has 1 fully saturated rings. The Morgan fingerprint density at radius 1 is 1.65 bits per heavy atom. The lowest BCUT2D eigenvalue weighted by atomic mass is 10.2. The van der Waals surface area contributed by atoms with E-state index in [0.29, 0.717) is 0 Å². The van der Waals surface area contributed by atoms with Gasteiger partial charge in [-0.3, -0.25) is 18.9 Å². The second-order valence-corrected chi connectivity index (χ2v) is 6.17. The lowest BCUT2D eigenvalue weighted by Gasteiger charge is -2.20. The molecule has 1 unspecified atom stereocenters. The zero-order valence-electron chi connectivity index (χ0n) is 11.5. The van der Waals surface area contributed by atoms with E-state index in [2.05, 4.69) is 19.5 Å². The van der Waals surface area contributed by atoms with Crippen LogP contribution in [0.5, 0.6) is 0 Å². The van der Waals surface area contributed by atoms with Gasteiger partial charge in [-0.15, -0.1) is 0 Å². The average molecular weight is 346 g/mol. The maximum absolute atomic E-state index is 11.7. The molecule has 5 N–H and O–H groups in total. The molecule has 0 aromatic carbocycles. The van der Waals surface area contributed by atoms with E-state index in [4.69, 9.17) is 15.4 Å². The fraction of sp³-hybridized carbons (Fsp3) is 0.500. The molecule has 0 amide bonds. The molecular formula is C10H13N5O7P-. The maximum Gasteiger partial charge on any atom is 0.280 e. The van der Waals surface area contributed by atoms with Crippen molar-refractivity contribution < 1.29 is 28.7 Å². The number of nitrogens with one attached hydrogen (secondary N) is 1. The summed E-state index contributed by atoms with van der Waals surface area (Å²) < 4.78 is 21.7.